The maximum absolute atomic E-state index is 12.3. The number of thioether (sulfide) groups is 1. The van der Waals surface area contributed by atoms with Gasteiger partial charge in [-0.25, -0.2) is 9.78 Å². The van der Waals surface area contributed by atoms with E-state index in [1.807, 2.05) is 0 Å². The summed E-state index contributed by atoms with van der Waals surface area (Å²) < 4.78 is 5.22. The lowest BCUT2D eigenvalue weighted by Gasteiger charge is -2.18. The first-order valence-corrected chi connectivity index (χ1v) is 7.81. The van der Waals surface area contributed by atoms with Crippen molar-refractivity contribution in [2.45, 2.75) is 6.04 Å². The quantitative estimate of drug-likeness (QED) is 0.933. The van der Waals surface area contributed by atoms with Crippen molar-refractivity contribution < 1.29 is 19.1 Å². The smallest absolute Gasteiger partial charge is 0.327 e. The standard InChI is InChI=1S/C12H10N2O4S2/c15-11(14-6-19-5-8(14)12(16)17)7-4-20-10(13-7)9-2-1-3-18-9/h1-4,8H,5-6H2,(H,16,17). The van der Waals surface area contributed by atoms with Crippen LogP contribution in [0, 0.1) is 0 Å². The fourth-order valence-corrected chi connectivity index (χ4v) is 3.79. The summed E-state index contributed by atoms with van der Waals surface area (Å²) in [5, 5.41) is 11.3. The molecule has 2 aromatic heterocycles. The highest BCUT2D eigenvalue weighted by atomic mass is 32.2. The van der Waals surface area contributed by atoms with Gasteiger partial charge in [0.2, 0.25) is 0 Å². The van der Waals surface area contributed by atoms with Crippen LogP contribution in [0.4, 0.5) is 0 Å². The Morgan fingerprint density at radius 2 is 2.35 bits per heavy atom. The van der Waals surface area contributed by atoms with Gasteiger partial charge in [0, 0.05) is 11.1 Å². The molecule has 0 radical (unpaired) electrons. The molecule has 20 heavy (non-hydrogen) atoms. The molecule has 3 heterocycles. The van der Waals surface area contributed by atoms with Crippen LogP contribution < -0.4 is 0 Å². The van der Waals surface area contributed by atoms with Crippen molar-refractivity contribution in [1.82, 2.24) is 9.88 Å². The Morgan fingerprint density at radius 1 is 1.50 bits per heavy atom. The molecular formula is C12H10N2O4S2. The second kappa shape index (κ2) is 5.29. The van der Waals surface area contributed by atoms with Crippen LogP contribution in [-0.2, 0) is 4.79 Å². The van der Waals surface area contributed by atoms with Crippen molar-refractivity contribution >= 4 is 35.0 Å². The predicted octanol–water partition coefficient (Wildman–Crippen LogP) is 2.00. The van der Waals surface area contributed by atoms with Gasteiger partial charge in [0.05, 0.1) is 12.1 Å². The van der Waals surface area contributed by atoms with Gasteiger partial charge in [-0.05, 0) is 12.1 Å². The minimum absolute atomic E-state index is 0.259. The summed E-state index contributed by atoms with van der Waals surface area (Å²) >= 11 is 2.72. The maximum atomic E-state index is 12.3. The van der Waals surface area contributed by atoms with Gasteiger partial charge in [0.25, 0.3) is 5.91 Å². The van der Waals surface area contributed by atoms with Crippen LogP contribution in [0.15, 0.2) is 28.2 Å². The number of carboxylic acid groups (broad SMARTS) is 1. The van der Waals surface area contributed by atoms with E-state index in [2.05, 4.69) is 4.98 Å². The molecule has 0 aromatic carbocycles. The monoisotopic (exact) mass is 310 g/mol. The summed E-state index contributed by atoms with van der Waals surface area (Å²) in [5.74, 6) is 0.0561. The number of furan rings is 1. The maximum Gasteiger partial charge on any atom is 0.327 e. The van der Waals surface area contributed by atoms with E-state index in [-0.39, 0.29) is 11.6 Å². The van der Waals surface area contributed by atoms with E-state index in [4.69, 9.17) is 9.52 Å². The second-order valence-corrected chi connectivity index (χ2v) is 6.00. The van der Waals surface area contributed by atoms with E-state index >= 15 is 0 Å². The van der Waals surface area contributed by atoms with Crippen molar-refractivity contribution in [1.29, 1.82) is 0 Å². The number of nitrogens with zero attached hydrogens (tertiary/aromatic N) is 2. The van der Waals surface area contributed by atoms with Crippen molar-refractivity contribution in [3.05, 3.63) is 29.5 Å². The van der Waals surface area contributed by atoms with E-state index in [1.54, 1.807) is 17.5 Å². The average Bonchev–Trinajstić information content (AvgIpc) is 3.17. The first-order valence-electron chi connectivity index (χ1n) is 5.78. The number of thiazole rings is 1. The van der Waals surface area contributed by atoms with Crippen LogP contribution in [0.3, 0.4) is 0 Å². The van der Waals surface area contributed by atoms with Gasteiger partial charge in [-0.2, -0.15) is 0 Å². The number of hydrogen-bond acceptors (Lipinski definition) is 6. The van der Waals surface area contributed by atoms with Crippen molar-refractivity contribution in [3.63, 3.8) is 0 Å². The highest BCUT2D eigenvalue weighted by molar-refractivity contribution is 7.99. The Labute approximate surface area is 122 Å². The predicted molar refractivity (Wildman–Crippen MR) is 74.7 cm³/mol. The Morgan fingerprint density at radius 3 is 3.05 bits per heavy atom. The SMILES string of the molecule is O=C(O)C1CSCN1C(=O)c1csc(-c2ccco2)n1. The molecule has 2 aromatic rings. The number of aliphatic carboxylic acids is 1. The Balaban J connectivity index is 1.83. The minimum atomic E-state index is -0.982. The molecular weight excluding hydrogens is 300 g/mol. The van der Waals surface area contributed by atoms with Gasteiger partial charge >= 0.3 is 5.97 Å². The van der Waals surface area contributed by atoms with Crippen LogP contribution in [0.2, 0.25) is 0 Å². The molecule has 1 aliphatic rings. The van der Waals surface area contributed by atoms with Crippen LogP contribution in [-0.4, -0.2) is 44.5 Å². The number of aromatic nitrogens is 1. The first-order chi connectivity index (χ1) is 9.66. The summed E-state index contributed by atoms with van der Waals surface area (Å²) in [5.41, 5.74) is 0.259. The number of rotatable bonds is 3. The number of carbonyl (C=O) groups excluding carboxylic acids is 1. The molecule has 1 amide bonds. The molecule has 1 fully saturated rings. The van der Waals surface area contributed by atoms with Gasteiger partial charge in [-0.15, -0.1) is 23.1 Å². The van der Waals surface area contributed by atoms with Crippen LogP contribution in [0.1, 0.15) is 10.5 Å². The molecule has 1 N–H and O–H groups in total. The van der Waals surface area contributed by atoms with Crippen molar-refractivity contribution in [3.8, 4) is 10.8 Å². The molecule has 0 aliphatic carbocycles. The third kappa shape index (κ3) is 2.32. The lowest BCUT2D eigenvalue weighted by atomic mass is 10.3. The molecule has 0 bridgehead atoms. The molecule has 1 unspecified atom stereocenters. The highest BCUT2D eigenvalue weighted by Crippen LogP contribution is 2.27. The van der Waals surface area contributed by atoms with Gasteiger partial charge in [-0.3, -0.25) is 4.79 Å². The number of amides is 1. The van der Waals surface area contributed by atoms with Gasteiger partial charge in [0.15, 0.2) is 10.8 Å². The molecule has 0 spiro atoms. The highest BCUT2D eigenvalue weighted by Gasteiger charge is 2.35. The largest absolute Gasteiger partial charge is 0.480 e. The van der Waals surface area contributed by atoms with E-state index < -0.39 is 12.0 Å². The third-order valence-corrected chi connectivity index (χ3v) is 4.75. The molecule has 0 saturated carbocycles. The Bertz CT molecular complexity index is 638. The van der Waals surface area contributed by atoms with Gasteiger partial charge in [-0.1, -0.05) is 0 Å². The lowest BCUT2D eigenvalue weighted by Crippen LogP contribution is -2.41. The molecule has 1 atom stereocenters. The summed E-state index contributed by atoms with van der Waals surface area (Å²) in [4.78, 5) is 29.0. The Hall–Kier alpha value is -1.80. The normalized spacial score (nSPS) is 18.4. The van der Waals surface area contributed by atoms with Crippen molar-refractivity contribution in [2.24, 2.45) is 0 Å². The molecule has 6 nitrogen and oxygen atoms in total. The summed E-state index contributed by atoms with van der Waals surface area (Å²) in [6, 6.07) is 2.73. The van der Waals surface area contributed by atoms with E-state index in [0.29, 0.717) is 22.4 Å². The molecule has 1 aliphatic heterocycles. The number of carbonyl (C=O) groups is 2. The molecule has 1 saturated heterocycles. The van der Waals surface area contributed by atoms with Crippen LogP contribution >= 0.6 is 23.1 Å². The summed E-state index contributed by atoms with van der Waals surface area (Å²) in [7, 11) is 0. The van der Waals surface area contributed by atoms with E-state index in [9.17, 15) is 9.59 Å². The fraction of sp³-hybridized carbons (Fsp3) is 0.250. The van der Waals surface area contributed by atoms with Crippen LogP contribution in [0.25, 0.3) is 10.8 Å². The summed E-state index contributed by atoms with van der Waals surface area (Å²) in [6.07, 6.45) is 1.54. The molecule has 8 heteroatoms. The topological polar surface area (TPSA) is 83.6 Å². The minimum Gasteiger partial charge on any atom is -0.480 e. The number of carboxylic acids is 1. The summed E-state index contributed by atoms with van der Waals surface area (Å²) in [6.45, 7) is 0. The zero-order valence-electron chi connectivity index (χ0n) is 10.2. The first kappa shape index (κ1) is 13.2. The van der Waals surface area contributed by atoms with Gasteiger partial charge in [0.1, 0.15) is 11.7 Å². The zero-order chi connectivity index (χ0) is 14.1. The Kier molecular flexibility index (Phi) is 3.49. The number of hydrogen-bond donors (Lipinski definition) is 1. The average molecular weight is 310 g/mol. The second-order valence-electron chi connectivity index (χ2n) is 4.14. The molecule has 104 valence electrons. The van der Waals surface area contributed by atoms with Crippen LogP contribution in [0.5, 0.6) is 0 Å². The van der Waals surface area contributed by atoms with Crippen molar-refractivity contribution in [2.75, 3.05) is 11.6 Å². The van der Waals surface area contributed by atoms with Gasteiger partial charge < -0.3 is 14.4 Å². The fourth-order valence-electron chi connectivity index (χ4n) is 1.88. The van der Waals surface area contributed by atoms with E-state index in [1.165, 1.54) is 34.3 Å². The van der Waals surface area contributed by atoms with E-state index in [0.717, 1.165) is 0 Å². The zero-order valence-corrected chi connectivity index (χ0v) is 11.8. The third-order valence-electron chi connectivity index (χ3n) is 2.88. The lowest BCUT2D eigenvalue weighted by molar-refractivity contribution is -0.140. The molecule has 3 rings (SSSR count).